The zero-order chi connectivity index (χ0) is 20.8. The van der Waals surface area contributed by atoms with E-state index in [1.807, 2.05) is 6.08 Å². The molecule has 5 unspecified atom stereocenters. The van der Waals surface area contributed by atoms with Gasteiger partial charge in [-0.1, -0.05) is 76.3 Å². The second kappa shape index (κ2) is 5.27. The molecule has 0 saturated heterocycles. The summed E-state index contributed by atoms with van der Waals surface area (Å²) in [7, 11) is 0. The fraction of sp³-hybridized carbons (Fsp3) is 0.480. The van der Waals surface area contributed by atoms with Crippen molar-refractivity contribution in [1.82, 2.24) is 0 Å². The average Bonchev–Trinajstić information content (AvgIpc) is 2.83. The number of hydrogen-bond donors (Lipinski definition) is 0. The highest BCUT2D eigenvalue weighted by atomic mass is 16.6. The molecule has 0 aliphatic heterocycles. The average molecular weight is 386 g/mol. The van der Waals surface area contributed by atoms with E-state index in [0.717, 1.165) is 11.1 Å². The van der Waals surface area contributed by atoms with Gasteiger partial charge in [0.25, 0.3) is 0 Å². The second-order valence-corrected chi connectivity index (χ2v) is 10.3. The van der Waals surface area contributed by atoms with Crippen molar-refractivity contribution in [3.63, 3.8) is 0 Å². The van der Waals surface area contributed by atoms with Gasteiger partial charge >= 0.3 is 0 Å². The molecule has 0 radical (unpaired) electrons. The number of rotatable bonds is 1. The van der Waals surface area contributed by atoms with Crippen LogP contribution in [0.5, 0.6) is 0 Å². The molecule has 5 aliphatic rings. The normalized spacial score (nSPS) is 43.1. The van der Waals surface area contributed by atoms with Crippen molar-refractivity contribution < 1.29 is 4.92 Å². The summed E-state index contributed by atoms with van der Waals surface area (Å²) in [6.45, 7) is 8.70. The van der Waals surface area contributed by atoms with Crippen LogP contribution in [-0.4, -0.2) is 11.0 Å². The van der Waals surface area contributed by atoms with Gasteiger partial charge in [-0.25, -0.2) is 0 Å². The minimum atomic E-state index is -0.695. The van der Waals surface area contributed by atoms with Crippen LogP contribution in [0.2, 0.25) is 0 Å². The van der Waals surface area contributed by atoms with E-state index in [0.29, 0.717) is 6.42 Å². The van der Waals surface area contributed by atoms with Crippen LogP contribution in [0.15, 0.2) is 71.4 Å². The maximum Gasteiger partial charge on any atom is 0.225 e. The lowest BCUT2D eigenvalue weighted by Crippen LogP contribution is -2.59. The molecule has 2 fully saturated rings. The molecule has 0 N–H and O–H groups in total. The van der Waals surface area contributed by atoms with Crippen LogP contribution in [0.25, 0.3) is 0 Å². The Labute approximate surface area is 171 Å². The molecule has 0 aromatic heterocycles. The third-order valence-electron chi connectivity index (χ3n) is 8.71. The van der Waals surface area contributed by atoms with Crippen LogP contribution in [0.4, 0.5) is 0 Å². The second-order valence-electron chi connectivity index (χ2n) is 10.3. The van der Waals surface area contributed by atoms with Gasteiger partial charge in [0, 0.05) is 34.7 Å². The van der Waals surface area contributed by atoms with Crippen molar-refractivity contribution in [1.29, 1.82) is 5.26 Å². The maximum atomic E-state index is 12.6. The molecule has 0 heterocycles. The summed E-state index contributed by atoms with van der Waals surface area (Å²) in [6, 6.07) is 1.58. The molecular weight excluding hydrogens is 360 g/mol. The van der Waals surface area contributed by atoms with Crippen LogP contribution >= 0.6 is 0 Å². The summed E-state index contributed by atoms with van der Waals surface area (Å²) in [6.07, 6.45) is 19.3. The molecule has 4 bridgehead atoms. The number of allylic oxidation sites excluding steroid dienone is 11. The Morgan fingerprint density at radius 1 is 1.10 bits per heavy atom. The van der Waals surface area contributed by atoms with Gasteiger partial charge in [-0.05, 0) is 27.5 Å². The first kappa shape index (κ1) is 18.4. The molecule has 0 amide bonds. The van der Waals surface area contributed by atoms with Crippen LogP contribution in [-0.2, 0) is 0 Å². The van der Waals surface area contributed by atoms with Crippen molar-refractivity contribution in [2.24, 2.45) is 33.5 Å². The Morgan fingerprint density at radius 3 is 2.34 bits per heavy atom. The summed E-state index contributed by atoms with van der Waals surface area (Å²) in [5, 5.41) is 22.3. The first-order valence-electron chi connectivity index (χ1n) is 10.4. The monoisotopic (exact) mass is 386 g/mol. The van der Waals surface area contributed by atoms with E-state index in [1.54, 1.807) is 6.08 Å². The van der Waals surface area contributed by atoms with Gasteiger partial charge in [0.1, 0.15) is 0 Å². The predicted molar refractivity (Wildman–Crippen MR) is 112 cm³/mol. The first-order valence-corrected chi connectivity index (χ1v) is 10.4. The van der Waals surface area contributed by atoms with Crippen molar-refractivity contribution in [2.45, 2.75) is 40.2 Å². The van der Waals surface area contributed by atoms with Crippen LogP contribution in [0.3, 0.4) is 0 Å². The smallest absolute Gasteiger partial charge is 0.225 e. The zero-order valence-electron chi connectivity index (χ0n) is 17.3. The summed E-state index contributed by atoms with van der Waals surface area (Å²) >= 11 is 0. The fourth-order valence-corrected chi connectivity index (χ4v) is 7.61. The van der Waals surface area contributed by atoms with Gasteiger partial charge in [-0.3, -0.25) is 10.1 Å². The van der Waals surface area contributed by atoms with E-state index in [-0.39, 0.29) is 22.2 Å². The number of fused-ring (bicyclic) bond motifs is 2. The van der Waals surface area contributed by atoms with E-state index in [4.69, 9.17) is 0 Å². The summed E-state index contributed by atoms with van der Waals surface area (Å²) in [4.78, 5) is 12.6. The molecule has 4 nitrogen and oxygen atoms in total. The highest BCUT2D eigenvalue weighted by Crippen LogP contribution is 2.80. The molecule has 29 heavy (non-hydrogen) atoms. The number of hydrogen-bond acceptors (Lipinski definition) is 3. The standard InChI is InChI=1S/C25H26N2O2/c1-22(2)12-9-16-10-13-23(3,4)25-19-8-6-5-7-18(17(19)11-14-26)24(22,21(16)25)15-20(25)27(28)29/h5-13,18-20H,15H2,1-4H3. The molecule has 0 aromatic rings. The Balaban J connectivity index is 2.01. The molecule has 4 heteroatoms. The van der Waals surface area contributed by atoms with E-state index in [9.17, 15) is 15.4 Å². The van der Waals surface area contributed by atoms with Gasteiger partial charge in [0.2, 0.25) is 6.04 Å². The third-order valence-corrected chi connectivity index (χ3v) is 8.71. The minimum Gasteiger partial charge on any atom is -0.264 e. The van der Waals surface area contributed by atoms with Gasteiger partial charge in [-0.2, -0.15) is 5.26 Å². The van der Waals surface area contributed by atoms with Crippen molar-refractivity contribution in [2.75, 3.05) is 0 Å². The summed E-state index contributed by atoms with van der Waals surface area (Å²) in [5.41, 5.74) is 1.68. The van der Waals surface area contributed by atoms with Gasteiger partial charge < -0.3 is 0 Å². The Bertz CT molecular complexity index is 1050. The number of nitro groups is 1. The van der Waals surface area contributed by atoms with Gasteiger partial charge in [0.15, 0.2) is 0 Å². The maximum absolute atomic E-state index is 12.6. The third kappa shape index (κ3) is 1.77. The van der Waals surface area contributed by atoms with Crippen molar-refractivity contribution in [3.8, 4) is 6.07 Å². The quantitative estimate of drug-likeness (QED) is 0.348. The molecule has 0 spiro atoms. The molecule has 5 aliphatic carbocycles. The first-order chi connectivity index (χ1) is 13.6. The van der Waals surface area contributed by atoms with Crippen molar-refractivity contribution in [3.05, 3.63) is 81.5 Å². The lowest BCUT2D eigenvalue weighted by Gasteiger charge is -2.62. The minimum absolute atomic E-state index is 0.0209. The largest absolute Gasteiger partial charge is 0.264 e. The van der Waals surface area contributed by atoms with Crippen LogP contribution < -0.4 is 0 Å². The predicted octanol–water partition coefficient (Wildman–Crippen LogP) is 5.32. The molecule has 0 aromatic carbocycles. The molecular formula is C25H26N2O2. The molecule has 5 atom stereocenters. The van der Waals surface area contributed by atoms with Gasteiger partial charge in [-0.15, -0.1) is 0 Å². The number of nitrogens with zero attached hydrogens (tertiary/aromatic N) is 2. The lowest BCUT2D eigenvalue weighted by atomic mass is 9.39. The van der Waals surface area contributed by atoms with E-state index >= 15 is 0 Å². The fourth-order valence-electron chi connectivity index (χ4n) is 7.61. The zero-order valence-corrected chi connectivity index (χ0v) is 17.3. The van der Waals surface area contributed by atoms with Crippen LogP contribution in [0.1, 0.15) is 34.1 Å². The number of nitriles is 1. The SMILES string of the molecule is CC1(C)C=CC2=C3C14CC([N+](=O)[O-])C3(C1C=CC=CC4C1=CC#N)C(C)(C)C=C2. The topological polar surface area (TPSA) is 66.9 Å². The van der Waals surface area contributed by atoms with Crippen molar-refractivity contribution >= 4 is 0 Å². The van der Waals surface area contributed by atoms with E-state index in [1.165, 1.54) is 5.57 Å². The Morgan fingerprint density at radius 2 is 1.72 bits per heavy atom. The molecule has 148 valence electrons. The van der Waals surface area contributed by atoms with E-state index in [2.05, 4.69) is 76.3 Å². The highest BCUT2D eigenvalue weighted by molar-refractivity contribution is 5.63. The lowest BCUT2D eigenvalue weighted by molar-refractivity contribution is -0.543. The Hall–Kier alpha value is -2.67. The van der Waals surface area contributed by atoms with Gasteiger partial charge in [0.05, 0.1) is 11.5 Å². The summed E-state index contributed by atoms with van der Waals surface area (Å²) < 4.78 is 0. The molecule has 2 saturated carbocycles. The van der Waals surface area contributed by atoms with E-state index < -0.39 is 22.3 Å². The van der Waals surface area contributed by atoms with Crippen LogP contribution in [0, 0.1) is 54.9 Å². The molecule has 5 rings (SSSR count). The Kier molecular flexibility index (Phi) is 3.34. The summed E-state index contributed by atoms with van der Waals surface area (Å²) in [5.74, 6) is -0.187. The highest BCUT2D eigenvalue weighted by Gasteiger charge is 2.80.